The van der Waals surface area contributed by atoms with E-state index in [2.05, 4.69) is 27.6 Å². The molecule has 0 spiro atoms. The number of nitrogens with zero attached hydrogens (tertiary/aromatic N) is 3. The van der Waals surface area contributed by atoms with Crippen LogP contribution in [0, 0.1) is 5.82 Å². The first-order valence-corrected chi connectivity index (χ1v) is 10.8. The molecule has 0 saturated heterocycles. The number of amides is 1. The quantitative estimate of drug-likeness (QED) is 0.619. The van der Waals surface area contributed by atoms with Crippen molar-refractivity contribution in [3.63, 3.8) is 0 Å². The SMILES string of the molecule is O=C(CSc1nnc(NCc2ccc(F)cc2)s1)N1CCc2ccccc2C1. The van der Waals surface area contributed by atoms with Crippen molar-refractivity contribution >= 4 is 34.1 Å². The lowest BCUT2D eigenvalue weighted by Gasteiger charge is -2.28. The van der Waals surface area contributed by atoms with E-state index in [1.54, 1.807) is 12.1 Å². The first-order valence-electron chi connectivity index (χ1n) is 8.96. The lowest BCUT2D eigenvalue weighted by Crippen LogP contribution is -2.37. The molecule has 3 aromatic rings. The maximum Gasteiger partial charge on any atom is 0.233 e. The summed E-state index contributed by atoms with van der Waals surface area (Å²) in [6, 6.07) is 14.6. The second-order valence-electron chi connectivity index (χ2n) is 6.48. The Morgan fingerprint density at radius 3 is 2.75 bits per heavy atom. The Balaban J connectivity index is 1.26. The summed E-state index contributed by atoms with van der Waals surface area (Å²) in [6.07, 6.45) is 0.906. The van der Waals surface area contributed by atoms with Gasteiger partial charge in [-0.05, 0) is 35.2 Å². The molecule has 1 amide bonds. The van der Waals surface area contributed by atoms with Gasteiger partial charge in [0.05, 0.1) is 5.75 Å². The molecule has 1 aliphatic heterocycles. The summed E-state index contributed by atoms with van der Waals surface area (Å²) in [7, 11) is 0. The minimum absolute atomic E-state index is 0.121. The maximum atomic E-state index is 12.9. The Morgan fingerprint density at radius 2 is 1.93 bits per heavy atom. The summed E-state index contributed by atoms with van der Waals surface area (Å²) < 4.78 is 13.7. The van der Waals surface area contributed by atoms with Gasteiger partial charge in [0.2, 0.25) is 11.0 Å². The molecular formula is C20H19FN4OS2. The second-order valence-corrected chi connectivity index (χ2v) is 8.68. The van der Waals surface area contributed by atoms with Crippen LogP contribution in [0.5, 0.6) is 0 Å². The summed E-state index contributed by atoms with van der Waals surface area (Å²) in [5.41, 5.74) is 3.53. The third kappa shape index (κ3) is 4.69. The molecule has 0 unspecified atom stereocenters. The van der Waals surface area contributed by atoms with Gasteiger partial charge in [0.15, 0.2) is 4.34 Å². The number of hydrogen-bond donors (Lipinski definition) is 1. The van der Waals surface area contributed by atoms with Gasteiger partial charge in [0.1, 0.15) is 5.82 Å². The molecule has 0 bridgehead atoms. The zero-order valence-corrected chi connectivity index (χ0v) is 16.7. The molecule has 8 heteroatoms. The maximum absolute atomic E-state index is 12.9. The normalized spacial score (nSPS) is 13.2. The Bertz CT molecular complexity index is 961. The summed E-state index contributed by atoms with van der Waals surface area (Å²) in [4.78, 5) is 14.4. The van der Waals surface area contributed by atoms with Gasteiger partial charge in [-0.15, -0.1) is 10.2 Å². The average Bonchev–Trinajstić information content (AvgIpc) is 3.19. The Hall–Kier alpha value is -2.45. The second kappa shape index (κ2) is 8.70. The van der Waals surface area contributed by atoms with Crippen LogP contribution < -0.4 is 5.32 Å². The van der Waals surface area contributed by atoms with E-state index in [1.165, 1.54) is 46.4 Å². The largest absolute Gasteiger partial charge is 0.356 e. The highest BCUT2D eigenvalue weighted by Gasteiger charge is 2.20. The number of carbonyl (C=O) groups excluding carboxylic acids is 1. The van der Waals surface area contributed by atoms with Gasteiger partial charge in [0.25, 0.3) is 0 Å². The number of aromatic nitrogens is 2. The van der Waals surface area contributed by atoms with E-state index < -0.39 is 0 Å². The standard InChI is InChI=1S/C20H19FN4OS2/c21-17-7-5-14(6-8-17)11-22-19-23-24-20(28-19)27-13-18(26)25-10-9-15-3-1-2-4-16(15)12-25/h1-8H,9-13H2,(H,22,23). The number of halogens is 1. The molecule has 2 heterocycles. The van der Waals surface area contributed by atoms with Gasteiger partial charge >= 0.3 is 0 Å². The number of carbonyl (C=O) groups is 1. The number of thioether (sulfide) groups is 1. The first-order chi connectivity index (χ1) is 13.7. The van der Waals surface area contributed by atoms with Crippen LogP contribution >= 0.6 is 23.1 Å². The Morgan fingerprint density at radius 1 is 1.14 bits per heavy atom. The van der Waals surface area contributed by atoms with E-state index in [1.807, 2.05) is 17.0 Å². The van der Waals surface area contributed by atoms with Crippen LogP contribution in [0.4, 0.5) is 9.52 Å². The Labute approximate surface area is 171 Å². The van der Waals surface area contributed by atoms with Gasteiger partial charge in [-0.3, -0.25) is 4.79 Å². The summed E-state index contributed by atoms with van der Waals surface area (Å²) >= 11 is 2.83. The first kappa shape index (κ1) is 18.9. The molecule has 4 rings (SSSR count). The fraction of sp³-hybridized carbons (Fsp3) is 0.250. The lowest BCUT2D eigenvalue weighted by molar-refractivity contribution is -0.129. The number of nitrogens with one attached hydrogen (secondary N) is 1. The predicted molar refractivity (Wildman–Crippen MR) is 110 cm³/mol. The van der Waals surface area contributed by atoms with Crippen molar-refractivity contribution in [3.05, 3.63) is 71.0 Å². The van der Waals surface area contributed by atoms with Crippen molar-refractivity contribution in [2.45, 2.75) is 23.8 Å². The highest BCUT2D eigenvalue weighted by Crippen LogP contribution is 2.27. The zero-order chi connectivity index (χ0) is 19.3. The van der Waals surface area contributed by atoms with Crippen molar-refractivity contribution in [2.24, 2.45) is 0 Å². The minimum Gasteiger partial charge on any atom is -0.356 e. The molecule has 5 nitrogen and oxygen atoms in total. The fourth-order valence-corrected chi connectivity index (χ4v) is 4.69. The monoisotopic (exact) mass is 414 g/mol. The summed E-state index contributed by atoms with van der Waals surface area (Å²) in [6.45, 7) is 1.98. The lowest BCUT2D eigenvalue weighted by atomic mass is 10.00. The van der Waals surface area contributed by atoms with E-state index in [0.29, 0.717) is 24.0 Å². The van der Waals surface area contributed by atoms with Gasteiger partial charge < -0.3 is 10.2 Å². The van der Waals surface area contributed by atoms with E-state index in [9.17, 15) is 9.18 Å². The van der Waals surface area contributed by atoms with Crippen LogP contribution in [0.3, 0.4) is 0 Å². The van der Waals surface area contributed by atoms with Gasteiger partial charge in [-0.25, -0.2) is 4.39 Å². The smallest absolute Gasteiger partial charge is 0.233 e. The third-order valence-corrected chi connectivity index (χ3v) is 6.56. The van der Waals surface area contributed by atoms with Crippen molar-refractivity contribution in [3.8, 4) is 0 Å². The molecule has 1 aromatic heterocycles. The van der Waals surface area contributed by atoms with Crippen molar-refractivity contribution in [1.29, 1.82) is 0 Å². The van der Waals surface area contributed by atoms with Crippen molar-refractivity contribution in [2.75, 3.05) is 17.6 Å². The predicted octanol–water partition coefficient (Wildman–Crippen LogP) is 3.97. The molecule has 2 aromatic carbocycles. The zero-order valence-electron chi connectivity index (χ0n) is 15.1. The van der Waals surface area contributed by atoms with Gasteiger partial charge in [0, 0.05) is 19.6 Å². The number of rotatable bonds is 6. The molecule has 0 atom stereocenters. The molecule has 0 fully saturated rings. The summed E-state index contributed by atoms with van der Waals surface area (Å²) in [5.74, 6) is 0.227. The molecular weight excluding hydrogens is 395 g/mol. The third-order valence-electron chi connectivity index (χ3n) is 4.57. The van der Waals surface area contributed by atoms with Crippen molar-refractivity contribution < 1.29 is 9.18 Å². The van der Waals surface area contributed by atoms with E-state index in [-0.39, 0.29) is 11.7 Å². The molecule has 144 valence electrons. The van der Waals surface area contributed by atoms with Gasteiger partial charge in [-0.2, -0.15) is 0 Å². The van der Waals surface area contributed by atoms with Gasteiger partial charge in [-0.1, -0.05) is 59.5 Å². The fourth-order valence-electron chi connectivity index (χ4n) is 3.04. The van der Waals surface area contributed by atoms with Crippen molar-refractivity contribution in [1.82, 2.24) is 15.1 Å². The highest BCUT2D eigenvalue weighted by molar-refractivity contribution is 8.01. The average molecular weight is 415 g/mol. The van der Waals surface area contributed by atoms with E-state index >= 15 is 0 Å². The topological polar surface area (TPSA) is 58.1 Å². The van der Waals surface area contributed by atoms with Crippen LogP contribution in [0.25, 0.3) is 0 Å². The number of fused-ring (bicyclic) bond motifs is 1. The highest BCUT2D eigenvalue weighted by atomic mass is 32.2. The van der Waals surface area contributed by atoms with Crippen LogP contribution in [-0.4, -0.2) is 33.3 Å². The van der Waals surface area contributed by atoms with Crippen LogP contribution in [0.15, 0.2) is 52.9 Å². The number of hydrogen-bond acceptors (Lipinski definition) is 6. The molecule has 0 saturated carbocycles. The van der Waals surface area contributed by atoms with Crippen LogP contribution in [0.2, 0.25) is 0 Å². The van der Waals surface area contributed by atoms with Crippen LogP contribution in [-0.2, 0) is 24.3 Å². The Kier molecular flexibility index (Phi) is 5.87. The number of benzene rings is 2. The number of anilines is 1. The summed E-state index contributed by atoms with van der Waals surface area (Å²) in [5, 5.41) is 12.1. The molecule has 1 N–H and O–H groups in total. The molecule has 1 aliphatic rings. The van der Waals surface area contributed by atoms with Crippen LogP contribution in [0.1, 0.15) is 16.7 Å². The molecule has 0 aliphatic carbocycles. The molecule has 28 heavy (non-hydrogen) atoms. The minimum atomic E-state index is -0.250. The van der Waals surface area contributed by atoms with E-state index in [4.69, 9.17) is 0 Å². The van der Waals surface area contributed by atoms with E-state index in [0.717, 1.165) is 22.9 Å². The molecule has 0 radical (unpaired) electrons.